The molecule has 3 unspecified atom stereocenters. The van der Waals surface area contributed by atoms with E-state index in [9.17, 15) is 9.59 Å². The molecule has 1 amide bonds. The van der Waals surface area contributed by atoms with Crippen molar-refractivity contribution >= 4 is 17.4 Å². The summed E-state index contributed by atoms with van der Waals surface area (Å²) in [4.78, 5) is 33.6. The predicted molar refractivity (Wildman–Crippen MR) is 158 cm³/mol. The summed E-state index contributed by atoms with van der Waals surface area (Å²) < 4.78 is 5.66. The number of amides is 1. The van der Waals surface area contributed by atoms with Crippen molar-refractivity contribution in [3.05, 3.63) is 55.4 Å². The molecule has 0 saturated carbocycles. The highest BCUT2D eigenvalue weighted by Gasteiger charge is 2.28. The molecular formula is C30H50N6O3. The molecule has 0 bridgehead atoms. The summed E-state index contributed by atoms with van der Waals surface area (Å²) in [5.74, 6) is 0.545. The van der Waals surface area contributed by atoms with Crippen LogP contribution in [0.15, 0.2) is 44.0 Å². The lowest BCUT2D eigenvalue weighted by Gasteiger charge is -2.36. The Morgan fingerprint density at radius 1 is 1.13 bits per heavy atom. The first-order chi connectivity index (χ1) is 18.5. The van der Waals surface area contributed by atoms with Gasteiger partial charge in [-0.3, -0.25) is 14.6 Å². The number of hydrogen-bond donors (Lipinski definition) is 3. The Labute approximate surface area is 235 Å². The van der Waals surface area contributed by atoms with Crippen LogP contribution >= 0.6 is 0 Å². The minimum atomic E-state index is -0.483. The Bertz CT molecular complexity index is 931. The second-order valence-electron chi connectivity index (χ2n) is 10.5. The number of hydrazine groups is 1. The molecule has 218 valence electrons. The minimum Gasteiger partial charge on any atom is -0.484 e. The minimum absolute atomic E-state index is 0.0319. The maximum atomic E-state index is 13.1. The zero-order chi connectivity index (χ0) is 29.4. The van der Waals surface area contributed by atoms with E-state index in [0.29, 0.717) is 43.2 Å². The van der Waals surface area contributed by atoms with Gasteiger partial charge < -0.3 is 20.4 Å². The van der Waals surface area contributed by atoms with Crippen molar-refractivity contribution in [2.75, 3.05) is 19.7 Å². The zero-order valence-corrected chi connectivity index (χ0v) is 24.9. The van der Waals surface area contributed by atoms with E-state index in [-0.39, 0.29) is 30.3 Å². The molecule has 0 spiro atoms. The first-order valence-corrected chi connectivity index (χ1v) is 14.0. The SMILES string of the molecule is C=CNC(C(=O)COC(=C)c1cnc(C)cn1)C(C)CC(C)N(NCCCC)C(=C)CCNC(=O)CC(C)C. The number of Topliss-reactive ketones (excluding diaryl/α,β-unsaturated/α-hetero) is 1. The van der Waals surface area contributed by atoms with Crippen molar-refractivity contribution in [3.8, 4) is 0 Å². The van der Waals surface area contributed by atoms with Crippen molar-refractivity contribution in [3.63, 3.8) is 0 Å². The van der Waals surface area contributed by atoms with Crippen molar-refractivity contribution in [2.24, 2.45) is 11.8 Å². The lowest BCUT2D eigenvalue weighted by molar-refractivity contribution is -0.124. The van der Waals surface area contributed by atoms with Gasteiger partial charge in [-0.05, 0) is 44.7 Å². The quantitative estimate of drug-likeness (QED) is 0.118. The van der Waals surface area contributed by atoms with Crippen molar-refractivity contribution in [1.29, 1.82) is 0 Å². The molecule has 1 rings (SSSR count). The predicted octanol–water partition coefficient (Wildman–Crippen LogP) is 4.53. The highest BCUT2D eigenvalue weighted by atomic mass is 16.5. The summed E-state index contributed by atoms with van der Waals surface area (Å²) >= 11 is 0. The fourth-order valence-electron chi connectivity index (χ4n) is 4.20. The number of aryl methyl sites for hydroxylation is 1. The standard InChI is InChI=1S/C30H50N6O3/c1-10-12-14-35-36(24(7)13-15-32-29(38)16-21(3)4)25(8)17-22(5)30(31-11-2)28(37)20-39-26(9)27-19-33-23(6)18-34-27/h11,18-19,21-22,25,30-31,35H,2,7,9-10,12-17,20H2,1,3-6,8H3,(H,32,38). The number of rotatable bonds is 21. The topological polar surface area (TPSA) is 108 Å². The second-order valence-corrected chi connectivity index (χ2v) is 10.5. The number of carbonyl (C=O) groups is 2. The number of nitrogens with one attached hydrogen (secondary N) is 3. The van der Waals surface area contributed by atoms with Crippen LogP contribution in [0.5, 0.6) is 0 Å². The van der Waals surface area contributed by atoms with Crippen molar-refractivity contribution in [1.82, 2.24) is 31.0 Å². The molecule has 0 fully saturated rings. The van der Waals surface area contributed by atoms with Gasteiger partial charge in [-0.1, -0.05) is 53.9 Å². The van der Waals surface area contributed by atoms with Crippen LogP contribution in [-0.4, -0.2) is 58.4 Å². The van der Waals surface area contributed by atoms with Gasteiger partial charge in [0.05, 0.1) is 17.9 Å². The monoisotopic (exact) mass is 542 g/mol. The third-order valence-electron chi connectivity index (χ3n) is 6.30. The van der Waals surface area contributed by atoms with Gasteiger partial charge in [0.2, 0.25) is 5.91 Å². The van der Waals surface area contributed by atoms with E-state index < -0.39 is 6.04 Å². The van der Waals surface area contributed by atoms with Crippen molar-refractivity contribution in [2.45, 2.75) is 85.7 Å². The molecule has 0 aliphatic carbocycles. The number of nitrogens with zero attached hydrogens (tertiary/aromatic N) is 3. The van der Waals surface area contributed by atoms with Gasteiger partial charge in [0.15, 0.2) is 5.78 Å². The fraction of sp³-hybridized carbons (Fsp3) is 0.600. The van der Waals surface area contributed by atoms with E-state index in [1.54, 1.807) is 18.6 Å². The molecule has 3 N–H and O–H groups in total. The van der Waals surface area contributed by atoms with E-state index in [0.717, 1.165) is 30.8 Å². The lowest BCUT2D eigenvalue weighted by atomic mass is 9.91. The van der Waals surface area contributed by atoms with Crippen LogP contribution < -0.4 is 16.1 Å². The molecule has 0 aromatic carbocycles. The molecule has 0 radical (unpaired) electrons. The van der Waals surface area contributed by atoms with Gasteiger partial charge in [0.25, 0.3) is 0 Å². The smallest absolute Gasteiger partial charge is 0.220 e. The maximum absolute atomic E-state index is 13.1. The van der Waals surface area contributed by atoms with E-state index >= 15 is 0 Å². The van der Waals surface area contributed by atoms with Crippen LogP contribution in [0.3, 0.4) is 0 Å². The molecule has 1 aromatic rings. The average molecular weight is 543 g/mol. The Balaban J connectivity index is 2.78. The number of ether oxygens (including phenoxy) is 1. The van der Waals surface area contributed by atoms with Gasteiger partial charge in [0.1, 0.15) is 18.1 Å². The van der Waals surface area contributed by atoms with Gasteiger partial charge in [-0.15, -0.1) is 0 Å². The summed E-state index contributed by atoms with van der Waals surface area (Å²) in [6.07, 6.45) is 8.71. The number of unbranched alkanes of at least 4 members (excludes halogenated alkanes) is 1. The summed E-state index contributed by atoms with van der Waals surface area (Å²) in [6.45, 7) is 25.4. The largest absolute Gasteiger partial charge is 0.484 e. The van der Waals surface area contributed by atoms with E-state index in [2.05, 4.69) is 64.6 Å². The van der Waals surface area contributed by atoms with Crippen LogP contribution in [0, 0.1) is 18.8 Å². The Kier molecular flexibility index (Phi) is 15.7. The van der Waals surface area contributed by atoms with E-state index in [1.165, 1.54) is 0 Å². The summed E-state index contributed by atoms with van der Waals surface area (Å²) in [5, 5.41) is 8.18. The van der Waals surface area contributed by atoms with Gasteiger partial charge in [0, 0.05) is 43.9 Å². The molecule has 39 heavy (non-hydrogen) atoms. The first-order valence-electron chi connectivity index (χ1n) is 14.0. The van der Waals surface area contributed by atoms with Crippen LogP contribution in [0.1, 0.15) is 78.1 Å². The van der Waals surface area contributed by atoms with Gasteiger partial charge in [-0.25, -0.2) is 10.4 Å². The van der Waals surface area contributed by atoms with Crippen LogP contribution in [-0.2, 0) is 14.3 Å². The van der Waals surface area contributed by atoms with Crippen LogP contribution in [0.4, 0.5) is 0 Å². The molecule has 1 aromatic heterocycles. The summed E-state index contributed by atoms with van der Waals surface area (Å²) in [6, 6.07) is -0.431. The first kappa shape index (κ1) is 33.8. The highest BCUT2D eigenvalue weighted by Crippen LogP contribution is 2.20. The second kappa shape index (κ2) is 18.2. The average Bonchev–Trinajstić information content (AvgIpc) is 2.87. The van der Waals surface area contributed by atoms with Crippen molar-refractivity contribution < 1.29 is 14.3 Å². The number of hydrogen-bond acceptors (Lipinski definition) is 8. The maximum Gasteiger partial charge on any atom is 0.220 e. The lowest BCUT2D eigenvalue weighted by Crippen LogP contribution is -2.48. The molecule has 0 aliphatic heterocycles. The molecule has 0 saturated heterocycles. The number of ketones is 1. The number of carbonyl (C=O) groups excluding carboxylic acids is 2. The third-order valence-corrected chi connectivity index (χ3v) is 6.30. The molecule has 9 nitrogen and oxygen atoms in total. The molecule has 1 heterocycles. The Morgan fingerprint density at radius 2 is 1.85 bits per heavy atom. The molecule has 9 heteroatoms. The summed E-state index contributed by atoms with van der Waals surface area (Å²) in [5.41, 5.74) is 5.69. The van der Waals surface area contributed by atoms with Gasteiger partial charge in [-0.2, -0.15) is 0 Å². The normalized spacial score (nSPS) is 13.2. The summed E-state index contributed by atoms with van der Waals surface area (Å²) in [7, 11) is 0. The molecule has 0 aliphatic rings. The fourth-order valence-corrected chi connectivity index (χ4v) is 4.20. The van der Waals surface area contributed by atoms with Gasteiger partial charge >= 0.3 is 0 Å². The number of aromatic nitrogens is 2. The zero-order valence-electron chi connectivity index (χ0n) is 24.9. The molecule has 3 atom stereocenters. The highest BCUT2D eigenvalue weighted by molar-refractivity contribution is 5.86. The Hall–Kier alpha value is -3.20. The van der Waals surface area contributed by atoms with E-state index in [1.807, 2.05) is 27.7 Å². The van der Waals surface area contributed by atoms with Crippen LogP contribution in [0.25, 0.3) is 5.76 Å². The third kappa shape index (κ3) is 12.9. The van der Waals surface area contributed by atoms with Crippen LogP contribution in [0.2, 0.25) is 0 Å². The van der Waals surface area contributed by atoms with E-state index in [4.69, 9.17) is 4.74 Å². The Morgan fingerprint density at radius 3 is 2.44 bits per heavy atom. The molecular weight excluding hydrogens is 492 g/mol.